The fourth-order valence-electron chi connectivity index (χ4n) is 2.40. The quantitative estimate of drug-likeness (QED) is 0.745. The maximum absolute atomic E-state index is 9.41. The van der Waals surface area contributed by atoms with E-state index >= 15 is 0 Å². The second-order valence-corrected chi connectivity index (χ2v) is 5.52. The van der Waals surface area contributed by atoms with Gasteiger partial charge in [-0.2, -0.15) is 0 Å². The summed E-state index contributed by atoms with van der Waals surface area (Å²) in [4.78, 5) is 4.70. The first-order chi connectivity index (χ1) is 9.56. The van der Waals surface area contributed by atoms with Gasteiger partial charge in [-0.1, -0.05) is 11.6 Å². The summed E-state index contributed by atoms with van der Waals surface area (Å²) >= 11 is 6.10. The first-order valence-electron chi connectivity index (χ1n) is 6.53. The normalized spacial score (nSPS) is 11.4. The van der Waals surface area contributed by atoms with E-state index in [-0.39, 0.29) is 11.8 Å². The number of halogens is 1. The monoisotopic (exact) mass is 286 g/mol. The molecule has 3 rings (SSSR count). The van der Waals surface area contributed by atoms with Gasteiger partial charge in [0, 0.05) is 16.6 Å². The van der Waals surface area contributed by atoms with Gasteiger partial charge in [0.05, 0.1) is 11.0 Å². The third kappa shape index (κ3) is 2.14. The summed E-state index contributed by atoms with van der Waals surface area (Å²) < 4.78 is 2.16. The minimum atomic E-state index is 0.254. The highest BCUT2D eigenvalue weighted by atomic mass is 35.5. The number of aromatic hydroxyl groups is 1. The third-order valence-corrected chi connectivity index (χ3v) is 3.53. The molecular formula is C16H15ClN2O. The predicted octanol–water partition coefficient (Wildman–Crippen LogP) is 4.64. The summed E-state index contributed by atoms with van der Waals surface area (Å²) in [6, 6.07) is 13.1. The number of benzene rings is 2. The first-order valence-corrected chi connectivity index (χ1v) is 6.91. The Labute approximate surface area is 122 Å². The zero-order valence-corrected chi connectivity index (χ0v) is 12.1. The maximum Gasteiger partial charge on any atom is 0.141 e. The number of phenolic OH excluding ortho intramolecular Hbond substituents is 1. The van der Waals surface area contributed by atoms with Crippen molar-refractivity contribution in [2.75, 3.05) is 0 Å². The van der Waals surface area contributed by atoms with Gasteiger partial charge in [-0.25, -0.2) is 4.98 Å². The van der Waals surface area contributed by atoms with Gasteiger partial charge in [-0.15, -0.1) is 0 Å². The Kier molecular flexibility index (Phi) is 3.14. The van der Waals surface area contributed by atoms with Crippen LogP contribution in [0.2, 0.25) is 5.02 Å². The van der Waals surface area contributed by atoms with Crippen LogP contribution in [0.3, 0.4) is 0 Å². The standard InChI is InChI=1S/C16H15ClN2O/c1-10(2)19-15-9-12(17)5-8-14(15)18-16(19)11-3-6-13(20)7-4-11/h3-10,20H,1-2H3. The van der Waals surface area contributed by atoms with Gasteiger partial charge >= 0.3 is 0 Å². The number of phenols is 1. The number of hydrogen-bond acceptors (Lipinski definition) is 2. The highest BCUT2D eigenvalue weighted by Gasteiger charge is 2.15. The average molecular weight is 287 g/mol. The summed E-state index contributed by atoms with van der Waals surface area (Å²) in [5, 5.41) is 10.1. The van der Waals surface area contributed by atoms with Crippen molar-refractivity contribution in [2.45, 2.75) is 19.9 Å². The fourth-order valence-corrected chi connectivity index (χ4v) is 2.57. The van der Waals surface area contributed by atoms with Gasteiger partial charge < -0.3 is 9.67 Å². The van der Waals surface area contributed by atoms with Crippen LogP contribution in [0.4, 0.5) is 0 Å². The van der Waals surface area contributed by atoms with E-state index in [1.807, 2.05) is 30.3 Å². The van der Waals surface area contributed by atoms with Crippen molar-refractivity contribution in [3.05, 3.63) is 47.5 Å². The van der Waals surface area contributed by atoms with Crippen molar-refractivity contribution in [1.29, 1.82) is 0 Å². The van der Waals surface area contributed by atoms with Crippen molar-refractivity contribution in [3.8, 4) is 17.1 Å². The minimum Gasteiger partial charge on any atom is -0.508 e. The Hall–Kier alpha value is -2.00. The molecule has 102 valence electrons. The van der Waals surface area contributed by atoms with E-state index in [0.717, 1.165) is 22.4 Å². The molecule has 0 aliphatic rings. The first kappa shape index (κ1) is 13.0. The molecule has 0 atom stereocenters. The van der Waals surface area contributed by atoms with Gasteiger partial charge in [0.15, 0.2) is 0 Å². The lowest BCUT2D eigenvalue weighted by Crippen LogP contribution is -2.02. The average Bonchev–Trinajstić information content (AvgIpc) is 2.78. The lowest BCUT2D eigenvalue weighted by atomic mass is 10.2. The van der Waals surface area contributed by atoms with E-state index < -0.39 is 0 Å². The van der Waals surface area contributed by atoms with Gasteiger partial charge in [0.2, 0.25) is 0 Å². The minimum absolute atomic E-state index is 0.254. The molecule has 0 aliphatic heterocycles. The molecule has 0 unspecified atom stereocenters. The van der Waals surface area contributed by atoms with E-state index in [2.05, 4.69) is 18.4 Å². The Morgan fingerprint density at radius 1 is 1.10 bits per heavy atom. The number of rotatable bonds is 2. The summed E-state index contributed by atoms with van der Waals surface area (Å²) in [6.45, 7) is 4.23. The molecule has 20 heavy (non-hydrogen) atoms. The van der Waals surface area contributed by atoms with E-state index in [0.29, 0.717) is 5.02 Å². The number of aromatic nitrogens is 2. The Morgan fingerprint density at radius 3 is 2.45 bits per heavy atom. The van der Waals surface area contributed by atoms with Gasteiger partial charge in [0.25, 0.3) is 0 Å². The summed E-state index contributed by atoms with van der Waals surface area (Å²) in [5.74, 6) is 1.14. The molecule has 0 amide bonds. The second-order valence-electron chi connectivity index (χ2n) is 5.08. The van der Waals surface area contributed by atoms with Crippen molar-refractivity contribution in [3.63, 3.8) is 0 Å². The van der Waals surface area contributed by atoms with E-state index in [1.165, 1.54) is 0 Å². The molecule has 0 fully saturated rings. The summed E-state index contributed by atoms with van der Waals surface area (Å²) in [6.07, 6.45) is 0. The Bertz CT molecular complexity index is 760. The molecular weight excluding hydrogens is 272 g/mol. The molecule has 4 heteroatoms. The topological polar surface area (TPSA) is 38.0 Å². The van der Waals surface area contributed by atoms with Crippen molar-refractivity contribution < 1.29 is 5.11 Å². The van der Waals surface area contributed by atoms with Gasteiger partial charge in [-0.05, 0) is 56.3 Å². The van der Waals surface area contributed by atoms with E-state index in [9.17, 15) is 5.11 Å². The lowest BCUT2D eigenvalue weighted by molar-refractivity contribution is 0.475. The molecule has 3 aromatic rings. The van der Waals surface area contributed by atoms with Crippen LogP contribution in [0.5, 0.6) is 5.75 Å². The van der Waals surface area contributed by atoms with Crippen LogP contribution in [-0.4, -0.2) is 14.7 Å². The van der Waals surface area contributed by atoms with Crippen molar-refractivity contribution in [2.24, 2.45) is 0 Å². The number of fused-ring (bicyclic) bond motifs is 1. The Balaban J connectivity index is 2.29. The summed E-state index contributed by atoms with van der Waals surface area (Å²) in [5.41, 5.74) is 2.92. The molecule has 0 aliphatic carbocycles. The van der Waals surface area contributed by atoms with Crippen LogP contribution in [-0.2, 0) is 0 Å². The molecule has 0 saturated heterocycles. The van der Waals surface area contributed by atoms with Crippen LogP contribution in [0.15, 0.2) is 42.5 Å². The third-order valence-electron chi connectivity index (χ3n) is 3.29. The largest absolute Gasteiger partial charge is 0.508 e. The maximum atomic E-state index is 9.41. The number of nitrogens with zero attached hydrogens (tertiary/aromatic N) is 2. The molecule has 0 saturated carbocycles. The van der Waals surface area contributed by atoms with Crippen LogP contribution >= 0.6 is 11.6 Å². The Morgan fingerprint density at radius 2 is 1.80 bits per heavy atom. The van der Waals surface area contributed by atoms with Crippen LogP contribution in [0.25, 0.3) is 22.4 Å². The highest BCUT2D eigenvalue weighted by molar-refractivity contribution is 6.31. The van der Waals surface area contributed by atoms with Crippen LogP contribution < -0.4 is 0 Å². The molecule has 0 spiro atoms. The molecule has 1 N–H and O–H groups in total. The van der Waals surface area contributed by atoms with Crippen molar-refractivity contribution >= 4 is 22.6 Å². The smallest absolute Gasteiger partial charge is 0.141 e. The van der Waals surface area contributed by atoms with Crippen molar-refractivity contribution in [1.82, 2.24) is 9.55 Å². The van der Waals surface area contributed by atoms with E-state index in [4.69, 9.17) is 16.6 Å². The van der Waals surface area contributed by atoms with Crippen LogP contribution in [0.1, 0.15) is 19.9 Å². The number of hydrogen-bond donors (Lipinski definition) is 1. The van der Waals surface area contributed by atoms with Crippen LogP contribution in [0, 0.1) is 0 Å². The fraction of sp³-hybridized carbons (Fsp3) is 0.188. The molecule has 0 radical (unpaired) electrons. The highest BCUT2D eigenvalue weighted by Crippen LogP contribution is 2.30. The zero-order valence-electron chi connectivity index (χ0n) is 11.3. The molecule has 1 aromatic heterocycles. The lowest BCUT2D eigenvalue weighted by Gasteiger charge is -2.13. The predicted molar refractivity (Wildman–Crippen MR) is 82.2 cm³/mol. The van der Waals surface area contributed by atoms with Gasteiger partial charge in [0.1, 0.15) is 11.6 Å². The number of imidazole rings is 1. The second kappa shape index (κ2) is 4.84. The van der Waals surface area contributed by atoms with E-state index in [1.54, 1.807) is 12.1 Å². The molecule has 1 heterocycles. The summed E-state index contributed by atoms with van der Waals surface area (Å²) in [7, 11) is 0. The molecule has 0 bridgehead atoms. The SMILES string of the molecule is CC(C)n1c(-c2ccc(O)cc2)nc2ccc(Cl)cc21. The molecule has 3 nitrogen and oxygen atoms in total. The molecule has 2 aromatic carbocycles. The van der Waals surface area contributed by atoms with Gasteiger partial charge in [-0.3, -0.25) is 0 Å². The zero-order chi connectivity index (χ0) is 14.3.